The number of allylic oxidation sites excluding steroid dienone is 11. The average Bonchev–Trinajstić information content (AvgIpc) is 3.63. The summed E-state index contributed by atoms with van der Waals surface area (Å²) in [4.78, 5) is 4.13. The molecule has 0 amide bonds. The number of benzene rings is 2. The van der Waals surface area contributed by atoms with E-state index < -0.39 is 0 Å². The Morgan fingerprint density at radius 2 is 1.47 bits per heavy atom. The summed E-state index contributed by atoms with van der Waals surface area (Å²) in [7, 11) is 2.57. The molecule has 0 unspecified atom stereocenters. The Morgan fingerprint density at radius 1 is 0.806 bits per heavy atom. The molecule has 1 fully saturated rings. The molecule has 1 N–H and O–H groups in total. The van der Waals surface area contributed by atoms with Gasteiger partial charge in [-0.15, -0.1) is 11.3 Å². The van der Waals surface area contributed by atoms with Crippen LogP contribution in [0.15, 0.2) is 124 Å². The molecule has 0 bridgehead atoms. The zero-order valence-corrected chi connectivity index (χ0v) is 42.9. The molecular weight excluding hydrogens is 768 g/mol. The lowest BCUT2D eigenvalue weighted by molar-refractivity contribution is 0.199. The predicted octanol–water partition coefficient (Wildman–Crippen LogP) is 17.2. The molecule has 2 aliphatic carbocycles. The quantitative estimate of drug-likeness (QED) is 0.136. The molecule has 1 aromatic heterocycles. The Morgan fingerprint density at radius 3 is 2.10 bits per heavy atom. The van der Waals surface area contributed by atoms with E-state index in [1.165, 1.54) is 59.1 Å². The number of thiophene rings is 1. The van der Waals surface area contributed by atoms with Crippen LogP contribution in [0.5, 0.6) is 0 Å². The van der Waals surface area contributed by atoms with Crippen molar-refractivity contribution in [1.82, 2.24) is 0 Å². The summed E-state index contributed by atoms with van der Waals surface area (Å²) in [5.74, 6) is 0. The van der Waals surface area contributed by atoms with Gasteiger partial charge in [0.2, 0.25) is 0 Å². The van der Waals surface area contributed by atoms with E-state index in [1.807, 2.05) is 11.3 Å². The van der Waals surface area contributed by atoms with Gasteiger partial charge in [0.25, 0.3) is 0 Å². The fourth-order valence-corrected chi connectivity index (χ4v) is 10.6. The van der Waals surface area contributed by atoms with E-state index in [4.69, 9.17) is 0 Å². The molecule has 333 valence electrons. The lowest BCUT2D eigenvalue weighted by Gasteiger charge is -2.42. The predicted molar refractivity (Wildman–Crippen MR) is 279 cm³/mol. The first kappa shape index (κ1) is 49.3. The number of anilines is 3. The van der Waals surface area contributed by atoms with E-state index in [1.54, 1.807) is 16.0 Å². The van der Waals surface area contributed by atoms with Crippen LogP contribution >= 0.6 is 11.3 Å². The SMILES string of the molecule is C/C=C\C=C/CC(=C/CC(C)(C)C)/C(=C\C)N(/C(C)=C([B]c1csc2c1C(C)(C)CCC2(C)C)/C=C1\CC(C)(C)CCC1(C)C)c1cccc(Nc2ccc(C(C)(C)C)cc2)c1. The van der Waals surface area contributed by atoms with Crippen molar-refractivity contribution in [2.75, 3.05) is 10.2 Å². The van der Waals surface area contributed by atoms with Crippen LogP contribution in [-0.2, 0) is 16.2 Å². The largest absolute Gasteiger partial charge is 0.355 e. The first-order chi connectivity index (χ1) is 28.8. The van der Waals surface area contributed by atoms with Gasteiger partial charge in [-0.3, -0.25) is 0 Å². The van der Waals surface area contributed by atoms with E-state index in [0.717, 1.165) is 36.3 Å². The summed E-state index contributed by atoms with van der Waals surface area (Å²) in [6.07, 6.45) is 24.0. The van der Waals surface area contributed by atoms with Crippen molar-refractivity contribution < 1.29 is 0 Å². The fourth-order valence-electron chi connectivity index (χ4n) is 9.19. The molecule has 5 rings (SSSR count). The van der Waals surface area contributed by atoms with Crippen molar-refractivity contribution in [2.45, 2.75) is 179 Å². The first-order valence-corrected chi connectivity index (χ1v) is 24.5. The molecule has 2 aromatic carbocycles. The summed E-state index contributed by atoms with van der Waals surface area (Å²) in [5, 5.41) is 6.25. The summed E-state index contributed by atoms with van der Waals surface area (Å²) in [6, 6.07) is 18.0. The van der Waals surface area contributed by atoms with Gasteiger partial charge in [-0.2, -0.15) is 0 Å². The highest BCUT2D eigenvalue weighted by Gasteiger charge is 2.41. The van der Waals surface area contributed by atoms with Gasteiger partial charge in [-0.25, -0.2) is 0 Å². The van der Waals surface area contributed by atoms with Crippen LogP contribution in [0.1, 0.15) is 179 Å². The topological polar surface area (TPSA) is 15.3 Å². The van der Waals surface area contributed by atoms with Gasteiger partial charge in [0, 0.05) is 33.3 Å². The maximum Gasteiger partial charge on any atom is 0.195 e. The number of rotatable bonds is 13. The Labute approximate surface area is 385 Å². The van der Waals surface area contributed by atoms with Crippen molar-refractivity contribution in [3.8, 4) is 0 Å². The number of hydrogen-bond donors (Lipinski definition) is 1. The minimum atomic E-state index is 0.104. The van der Waals surface area contributed by atoms with E-state index in [-0.39, 0.29) is 32.5 Å². The second-order valence-electron chi connectivity index (χ2n) is 23.4. The summed E-state index contributed by atoms with van der Waals surface area (Å²) >= 11 is 1.98. The molecule has 1 saturated carbocycles. The standard InChI is InChI=1S/C58H82BN2S/c1-18-20-21-22-24-42(31-32-53(4,5)6)50(19-2)61(47-26-23-25-46(38-47)60-45-29-27-43(28-30-45)54(7,8)9)41(3)48(37-44-39-55(10,11)33-34-56(44,12)13)59-49-40-62-52-51(49)57(14,15)35-36-58(52,16)17/h18-23,25-31,37-38,40,60H,24,32-36,39H2,1-17H3/b20-18-,22-21-,42-31-,44-37+,48-41-,50-19+. The average molecular weight is 850 g/mol. The zero-order chi connectivity index (χ0) is 45.9. The number of nitrogens with zero attached hydrogens (tertiary/aromatic N) is 1. The lowest BCUT2D eigenvalue weighted by atomic mass is 9.55. The molecule has 2 nitrogen and oxygen atoms in total. The van der Waals surface area contributed by atoms with Gasteiger partial charge in [-0.05, 0) is 151 Å². The number of nitrogens with one attached hydrogen (secondary N) is 1. The monoisotopic (exact) mass is 850 g/mol. The maximum absolute atomic E-state index is 3.78. The van der Waals surface area contributed by atoms with E-state index >= 15 is 0 Å². The Hall–Kier alpha value is -3.76. The molecule has 0 atom stereocenters. The highest BCUT2D eigenvalue weighted by molar-refractivity contribution is 7.11. The molecule has 0 saturated heterocycles. The minimum Gasteiger partial charge on any atom is -0.355 e. The minimum absolute atomic E-state index is 0.104. The molecular formula is C58H82BN2S. The Kier molecular flexibility index (Phi) is 15.2. The summed E-state index contributed by atoms with van der Waals surface area (Å²) < 4.78 is 0. The number of fused-ring (bicyclic) bond motifs is 1. The molecule has 2 aliphatic rings. The van der Waals surface area contributed by atoms with Crippen LogP contribution in [-0.4, -0.2) is 7.28 Å². The normalized spacial score (nSPS) is 20.0. The van der Waals surface area contributed by atoms with Gasteiger partial charge in [-0.1, -0.05) is 174 Å². The van der Waals surface area contributed by atoms with E-state index in [9.17, 15) is 0 Å². The Bertz CT molecular complexity index is 2210. The first-order valence-electron chi connectivity index (χ1n) is 23.6. The van der Waals surface area contributed by atoms with Crippen molar-refractivity contribution in [1.29, 1.82) is 0 Å². The maximum atomic E-state index is 3.78. The van der Waals surface area contributed by atoms with Crippen LogP contribution in [0.4, 0.5) is 17.1 Å². The van der Waals surface area contributed by atoms with Gasteiger partial charge < -0.3 is 10.2 Å². The second kappa shape index (κ2) is 19.2. The summed E-state index contributed by atoms with van der Waals surface area (Å²) in [5.41, 5.74) is 15.1. The Balaban J connectivity index is 1.79. The third kappa shape index (κ3) is 12.3. The molecule has 4 heteroatoms. The molecule has 0 spiro atoms. The molecule has 3 aromatic rings. The van der Waals surface area contributed by atoms with Crippen molar-refractivity contribution >= 4 is 41.1 Å². The van der Waals surface area contributed by atoms with E-state index in [2.05, 4.69) is 232 Å². The smallest absolute Gasteiger partial charge is 0.195 e. The van der Waals surface area contributed by atoms with Gasteiger partial charge in [0.1, 0.15) is 0 Å². The lowest BCUT2D eigenvalue weighted by Crippen LogP contribution is -2.38. The number of hydrogen-bond acceptors (Lipinski definition) is 3. The highest BCUT2D eigenvalue weighted by atomic mass is 32.1. The zero-order valence-electron chi connectivity index (χ0n) is 42.1. The molecule has 0 aliphatic heterocycles. The van der Waals surface area contributed by atoms with Crippen molar-refractivity contribution in [3.63, 3.8) is 0 Å². The van der Waals surface area contributed by atoms with Gasteiger partial charge >= 0.3 is 0 Å². The van der Waals surface area contributed by atoms with Crippen LogP contribution in [0.3, 0.4) is 0 Å². The van der Waals surface area contributed by atoms with Crippen LogP contribution in [0.25, 0.3) is 0 Å². The van der Waals surface area contributed by atoms with Gasteiger partial charge in [0.05, 0.1) is 0 Å². The van der Waals surface area contributed by atoms with Crippen molar-refractivity contribution in [3.05, 3.63) is 140 Å². The molecule has 62 heavy (non-hydrogen) atoms. The van der Waals surface area contributed by atoms with Crippen molar-refractivity contribution in [2.24, 2.45) is 16.2 Å². The van der Waals surface area contributed by atoms with Crippen LogP contribution < -0.4 is 15.7 Å². The van der Waals surface area contributed by atoms with Crippen LogP contribution in [0.2, 0.25) is 0 Å². The van der Waals surface area contributed by atoms with E-state index in [0.29, 0.717) is 0 Å². The summed E-state index contributed by atoms with van der Waals surface area (Å²) in [6.45, 7) is 40.3. The highest BCUT2D eigenvalue weighted by Crippen LogP contribution is 2.50. The molecule has 1 heterocycles. The second-order valence-corrected chi connectivity index (χ2v) is 24.3. The third-order valence-corrected chi connectivity index (χ3v) is 14.9. The van der Waals surface area contributed by atoms with Crippen LogP contribution in [0, 0.1) is 16.2 Å². The van der Waals surface area contributed by atoms with Gasteiger partial charge in [0.15, 0.2) is 7.28 Å². The third-order valence-electron chi connectivity index (χ3n) is 13.6. The fraction of sp³-hybridized carbons (Fsp3) is 0.517. The molecule has 1 radical (unpaired) electrons.